The van der Waals surface area contributed by atoms with Gasteiger partial charge < -0.3 is 5.32 Å². The average molecular weight is 248 g/mol. The van der Waals surface area contributed by atoms with Crippen LogP contribution >= 0.6 is 11.6 Å². The van der Waals surface area contributed by atoms with E-state index < -0.39 is 0 Å². The van der Waals surface area contributed by atoms with Gasteiger partial charge in [-0.2, -0.15) is 0 Å². The third-order valence-electron chi connectivity index (χ3n) is 3.33. The minimum atomic E-state index is 0.698. The molecule has 2 heterocycles. The van der Waals surface area contributed by atoms with Gasteiger partial charge in [0.2, 0.25) is 0 Å². The number of aromatic nitrogens is 2. The van der Waals surface area contributed by atoms with Crippen LogP contribution in [0, 0.1) is 5.92 Å². The van der Waals surface area contributed by atoms with Crippen molar-refractivity contribution in [3.8, 4) is 0 Å². The lowest BCUT2D eigenvalue weighted by atomic mass is 10.00. The topological polar surface area (TPSA) is 37.8 Å². The average Bonchev–Trinajstić information content (AvgIpc) is 2.82. The third kappa shape index (κ3) is 2.26. The van der Waals surface area contributed by atoms with Crippen LogP contribution < -0.4 is 5.32 Å². The second-order valence-electron chi connectivity index (χ2n) is 4.54. The van der Waals surface area contributed by atoms with Crippen LogP contribution in [0.4, 0.5) is 0 Å². The first kappa shape index (κ1) is 10.9. The minimum Gasteiger partial charge on any atom is -0.316 e. The summed E-state index contributed by atoms with van der Waals surface area (Å²) in [6, 6.07) is 5.83. The molecule has 3 rings (SSSR count). The summed E-state index contributed by atoms with van der Waals surface area (Å²) in [6.45, 7) is 2.22. The molecule has 17 heavy (non-hydrogen) atoms. The number of hydrogen-bond donors (Lipinski definition) is 1. The highest BCUT2D eigenvalue weighted by molar-refractivity contribution is 6.31. The van der Waals surface area contributed by atoms with E-state index in [1.165, 1.54) is 6.42 Å². The van der Waals surface area contributed by atoms with Crippen LogP contribution in [-0.4, -0.2) is 23.1 Å². The molecular formula is C13H14ClN3. The van der Waals surface area contributed by atoms with Crippen molar-refractivity contribution in [3.05, 3.63) is 35.2 Å². The second-order valence-corrected chi connectivity index (χ2v) is 4.98. The van der Waals surface area contributed by atoms with E-state index in [-0.39, 0.29) is 0 Å². The quantitative estimate of drug-likeness (QED) is 0.886. The van der Waals surface area contributed by atoms with Crippen LogP contribution in [0.25, 0.3) is 10.9 Å². The zero-order valence-corrected chi connectivity index (χ0v) is 10.2. The number of halogens is 1. The summed E-state index contributed by atoms with van der Waals surface area (Å²) in [5.74, 6) is 0.698. The molecule has 0 saturated carbocycles. The van der Waals surface area contributed by atoms with Crippen LogP contribution in [0.3, 0.4) is 0 Å². The van der Waals surface area contributed by atoms with E-state index in [4.69, 9.17) is 11.6 Å². The molecule has 1 saturated heterocycles. The van der Waals surface area contributed by atoms with Gasteiger partial charge in [0, 0.05) is 10.4 Å². The number of nitrogens with one attached hydrogen (secondary N) is 1. The Kier molecular flexibility index (Phi) is 2.95. The van der Waals surface area contributed by atoms with Crippen molar-refractivity contribution in [2.45, 2.75) is 12.8 Å². The summed E-state index contributed by atoms with van der Waals surface area (Å²) in [5, 5.41) is 5.24. The van der Waals surface area contributed by atoms with Gasteiger partial charge in [0.05, 0.1) is 11.2 Å². The summed E-state index contributed by atoms with van der Waals surface area (Å²) in [6.07, 6.45) is 3.89. The largest absolute Gasteiger partial charge is 0.316 e. The highest BCUT2D eigenvalue weighted by Gasteiger charge is 2.16. The predicted octanol–water partition coefficient (Wildman–Crippen LogP) is 2.44. The molecule has 3 nitrogen and oxygen atoms in total. The summed E-state index contributed by atoms with van der Waals surface area (Å²) < 4.78 is 0. The second kappa shape index (κ2) is 4.59. The first-order valence-corrected chi connectivity index (χ1v) is 6.30. The molecule has 1 aliphatic heterocycles. The van der Waals surface area contributed by atoms with E-state index in [9.17, 15) is 0 Å². The van der Waals surface area contributed by atoms with E-state index >= 15 is 0 Å². The molecule has 0 aliphatic carbocycles. The van der Waals surface area contributed by atoms with Crippen LogP contribution in [-0.2, 0) is 6.42 Å². The smallest absolute Gasteiger partial charge is 0.116 e. The highest BCUT2D eigenvalue weighted by Crippen LogP contribution is 2.22. The Morgan fingerprint density at radius 3 is 3.12 bits per heavy atom. The Bertz CT molecular complexity index is 535. The summed E-state index contributed by atoms with van der Waals surface area (Å²) in [7, 11) is 0. The lowest BCUT2D eigenvalue weighted by Gasteiger charge is -2.09. The van der Waals surface area contributed by atoms with Crippen LogP contribution in [0.2, 0.25) is 5.02 Å². The van der Waals surface area contributed by atoms with Crippen molar-refractivity contribution in [2.24, 2.45) is 5.92 Å². The lowest BCUT2D eigenvalue weighted by Crippen LogP contribution is -2.11. The normalized spacial score (nSPS) is 19.9. The Hall–Kier alpha value is -1.19. The summed E-state index contributed by atoms with van der Waals surface area (Å²) in [5.41, 5.74) is 2.08. The van der Waals surface area contributed by atoms with E-state index in [1.807, 2.05) is 18.2 Å². The predicted molar refractivity (Wildman–Crippen MR) is 69.2 cm³/mol. The van der Waals surface area contributed by atoms with Crippen LogP contribution in [0.5, 0.6) is 0 Å². The maximum Gasteiger partial charge on any atom is 0.116 e. The Labute approximate surface area is 105 Å². The maximum absolute atomic E-state index is 5.97. The van der Waals surface area contributed by atoms with Crippen molar-refractivity contribution in [3.63, 3.8) is 0 Å². The molecule has 0 bridgehead atoms. The van der Waals surface area contributed by atoms with Gasteiger partial charge in [0.25, 0.3) is 0 Å². The third-order valence-corrected chi connectivity index (χ3v) is 3.56. The van der Waals surface area contributed by atoms with Gasteiger partial charge in [-0.05, 0) is 50.0 Å². The van der Waals surface area contributed by atoms with Crippen molar-refractivity contribution in [2.75, 3.05) is 13.1 Å². The van der Waals surface area contributed by atoms with Crippen LogP contribution in [0.1, 0.15) is 12.1 Å². The highest BCUT2D eigenvalue weighted by atomic mass is 35.5. The molecule has 0 amide bonds. The van der Waals surface area contributed by atoms with Gasteiger partial charge in [-0.25, -0.2) is 9.97 Å². The molecule has 1 atom stereocenters. The standard InChI is InChI=1S/C13H14ClN3/c14-10-1-2-11-12(5-9-3-4-15-7-9)16-8-17-13(11)6-10/h1-2,6,8-9,15H,3-5,7H2. The van der Waals surface area contributed by atoms with Gasteiger partial charge in [-0.15, -0.1) is 0 Å². The zero-order valence-electron chi connectivity index (χ0n) is 9.49. The van der Waals surface area contributed by atoms with Crippen molar-refractivity contribution in [1.29, 1.82) is 0 Å². The van der Waals surface area contributed by atoms with Crippen molar-refractivity contribution < 1.29 is 0 Å². The molecule has 1 aliphatic rings. The lowest BCUT2D eigenvalue weighted by molar-refractivity contribution is 0.574. The van der Waals surface area contributed by atoms with Gasteiger partial charge in [-0.3, -0.25) is 0 Å². The number of rotatable bonds is 2. The molecule has 2 aromatic rings. The number of hydrogen-bond acceptors (Lipinski definition) is 3. The first-order valence-electron chi connectivity index (χ1n) is 5.93. The fourth-order valence-corrected chi connectivity index (χ4v) is 2.58. The molecule has 1 N–H and O–H groups in total. The molecule has 1 aromatic carbocycles. The number of nitrogens with zero attached hydrogens (tertiary/aromatic N) is 2. The Morgan fingerprint density at radius 1 is 1.35 bits per heavy atom. The molecule has 1 aromatic heterocycles. The maximum atomic E-state index is 5.97. The number of benzene rings is 1. The monoisotopic (exact) mass is 247 g/mol. The SMILES string of the molecule is Clc1ccc2c(CC3CCNC3)ncnc2c1. The van der Waals surface area contributed by atoms with Gasteiger partial charge in [0.1, 0.15) is 6.33 Å². The molecule has 1 fully saturated rings. The van der Waals surface area contributed by atoms with Gasteiger partial charge in [0.15, 0.2) is 0 Å². The van der Waals surface area contributed by atoms with E-state index in [0.29, 0.717) is 5.92 Å². The molecule has 0 radical (unpaired) electrons. The zero-order chi connectivity index (χ0) is 11.7. The van der Waals surface area contributed by atoms with Crippen molar-refractivity contribution >= 4 is 22.5 Å². The fourth-order valence-electron chi connectivity index (χ4n) is 2.41. The van der Waals surface area contributed by atoms with E-state index in [1.54, 1.807) is 6.33 Å². The first-order chi connectivity index (χ1) is 8.33. The van der Waals surface area contributed by atoms with Crippen molar-refractivity contribution in [1.82, 2.24) is 15.3 Å². The molecule has 4 heteroatoms. The molecule has 0 spiro atoms. The molecular weight excluding hydrogens is 234 g/mol. The molecule has 1 unspecified atom stereocenters. The van der Waals surface area contributed by atoms with Gasteiger partial charge in [-0.1, -0.05) is 11.6 Å². The van der Waals surface area contributed by atoms with Gasteiger partial charge >= 0.3 is 0 Å². The Balaban J connectivity index is 1.97. The fraction of sp³-hybridized carbons (Fsp3) is 0.385. The summed E-state index contributed by atoms with van der Waals surface area (Å²) in [4.78, 5) is 8.68. The van der Waals surface area contributed by atoms with E-state index in [2.05, 4.69) is 15.3 Å². The summed E-state index contributed by atoms with van der Waals surface area (Å²) >= 11 is 5.97. The van der Waals surface area contributed by atoms with Crippen LogP contribution in [0.15, 0.2) is 24.5 Å². The number of fused-ring (bicyclic) bond motifs is 1. The Morgan fingerprint density at radius 2 is 2.29 bits per heavy atom. The minimum absolute atomic E-state index is 0.698. The van der Waals surface area contributed by atoms with E-state index in [0.717, 1.165) is 41.1 Å². The molecule has 88 valence electrons.